The Labute approximate surface area is 165 Å². The van der Waals surface area contributed by atoms with Crippen molar-refractivity contribution in [2.45, 2.75) is 18.4 Å². The van der Waals surface area contributed by atoms with Gasteiger partial charge in [-0.05, 0) is 42.8 Å². The number of amides is 1. The second kappa shape index (κ2) is 8.71. The van der Waals surface area contributed by atoms with Gasteiger partial charge in [0.1, 0.15) is 0 Å². The maximum Gasteiger partial charge on any atom is 0.261 e. The van der Waals surface area contributed by atoms with Gasteiger partial charge in [-0.1, -0.05) is 54.6 Å². The third kappa shape index (κ3) is 4.78. The van der Waals surface area contributed by atoms with Crippen molar-refractivity contribution in [1.82, 2.24) is 4.90 Å². The first-order valence-corrected chi connectivity index (χ1v) is 10.5. The molecule has 0 saturated carbocycles. The van der Waals surface area contributed by atoms with E-state index in [1.54, 1.807) is 41.3 Å². The van der Waals surface area contributed by atoms with Gasteiger partial charge in [-0.3, -0.25) is 9.52 Å². The van der Waals surface area contributed by atoms with Crippen LogP contribution in [0.4, 0.5) is 5.69 Å². The van der Waals surface area contributed by atoms with E-state index in [0.29, 0.717) is 24.3 Å². The molecule has 1 amide bonds. The maximum atomic E-state index is 12.9. The average Bonchev–Trinajstić information content (AvgIpc) is 2.73. The summed E-state index contributed by atoms with van der Waals surface area (Å²) in [5.41, 5.74) is 1.83. The number of carbonyl (C=O) groups is 1. The SMILES string of the molecule is CCN(Cc1ccccc1)C(=O)c1cccc(S(=O)(=O)Nc2ccccc2)c1. The fourth-order valence-corrected chi connectivity index (χ4v) is 3.93. The van der Waals surface area contributed by atoms with Crippen molar-refractivity contribution in [3.63, 3.8) is 0 Å². The first-order valence-electron chi connectivity index (χ1n) is 9.01. The fraction of sp³-hybridized carbons (Fsp3) is 0.136. The van der Waals surface area contributed by atoms with E-state index in [4.69, 9.17) is 0 Å². The highest BCUT2D eigenvalue weighted by Crippen LogP contribution is 2.18. The van der Waals surface area contributed by atoms with Crippen molar-refractivity contribution in [2.75, 3.05) is 11.3 Å². The van der Waals surface area contributed by atoms with Gasteiger partial charge >= 0.3 is 0 Å². The number of para-hydroxylation sites is 1. The fourth-order valence-electron chi connectivity index (χ4n) is 2.83. The lowest BCUT2D eigenvalue weighted by atomic mass is 10.1. The minimum Gasteiger partial charge on any atom is -0.335 e. The summed E-state index contributed by atoms with van der Waals surface area (Å²) in [7, 11) is -3.78. The first-order chi connectivity index (χ1) is 13.5. The topological polar surface area (TPSA) is 66.5 Å². The van der Waals surface area contributed by atoms with Crippen molar-refractivity contribution < 1.29 is 13.2 Å². The van der Waals surface area contributed by atoms with E-state index in [-0.39, 0.29) is 10.8 Å². The van der Waals surface area contributed by atoms with Gasteiger partial charge in [0.15, 0.2) is 0 Å². The number of nitrogens with zero attached hydrogens (tertiary/aromatic N) is 1. The number of benzene rings is 3. The molecule has 0 heterocycles. The van der Waals surface area contributed by atoms with Gasteiger partial charge in [0.2, 0.25) is 0 Å². The molecule has 0 fully saturated rings. The quantitative estimate of drug-likeness (QED) is 0.655. The Hall–Kier alpha value is -3.12. The number of sulfonamides is 1. The monoisotopic (exact) mass is 394 g/mol. The van der Waals surface area contributed by atoms with Gasteiger partial charge < -0.3 is 4.90 Å². The molecule has 0 saturated heterocycles. The standard InChI is InChI=1S/C22H22N2O3S/c1-2-24(17-18-10-5-3-6-11-18)22(25)19-12-9-15-21(16-19)28(26,27)23-20-13-7-4-8-14-20/h3-16,23H,2,17H2,1H3. The summed E-state index contributed by atoms with van der Waals surface area (Å²) in [6.45, 7) is 2.89. The zero-order valence-electron chi connectivity index (χ0n) is 15.6. The van der Waals surface area contributed by atoms with Crippen LogP contribution in [0.25, 0.3) is 0 Å². The molecule has 3 rings (SSSR count). The van der Waals surface area contributed by atoms with Crippen LogP contribution >= 0.6 is 0 Å². The van der Waals surface area contributed by atoms with E-state index in [0.717, 1.165) is 5.56 Å². The van der Waals surface area contributed by atoms with Crippen LogP contribution in [0.1, 0.15) is 22.8 Å². The van der Waals surface area contributed by atoms with E-state index in [1.807, 2.05) is 43.3 Å². The number of anilines is 1. The third-order valence-electron chi connectivity index (χ3n) is 4.30. The van der Waals surface area contributed by atoms with Crippen molar-refractivity contribution in [1.29, 1.82) is 0 Å². The number of hydrogen-bond acceptors (Lipinski definition) is 3. The summed E-state index contributed by atoms with van der Waals surface area (Å²) in [6, 6.07) is 24.5. The summed E-state index contributed by atoms with van der Waals surface area (Å²) in [6.07, 6.45) is 0. The molecule has 0 atom stereocenters. The van der Waals surface area contributed by atoms with E-state index in [9.17, 15) is 13.2 Å². The molecule has 0 radical (unpaired) electrons. The summed E-state index contributed by atoms with van der Waals surface area (Å²) in [5, 5.41) is 0. The molecular weight excluding hydrogens is 372 g/mol. The molecule has 1 N–H and O–H groups in total. The van der Waals surface area contributed by atoms with E-state index < -0.39 is 10.0 Å². The number of nitrogens with one attached hydrogen (secondary N) is 1. The molecule has 0 bridgehead atoms. The highest BCUT2D eigenvalue weighted by Gasteiger charge is 2.19. The van der Waals surface area contributed by atoms with Crippen molar-refractivity contribution in [2.24, 2.45) is 0 Å². The predicted octanol–water partition coefficient (Wildman–Crippen LogP) is 4.15. The highest BCUT2D eigenvalue weighted by atomic mass is 32.2. The van der Waals surface area contributed by atoms with Gasteiger partial charge in [0, 0.05) is 24.3 Å². The number of carbonyl (C=O) groups excluding carboxylic acids is 1. The van der Waals surface area contributed by atoms with Gasteiger partial charge in [0.05, 0.1) is 4.90 Å². The number of hydrogen-bond donors (Lipinski definition) is 1. The third-order valence-corrected chi connectivity index (χ3v) is 5.68. The van der Waals surface area contributed by atoms with E-state index >= 15 is 0 Å². The summed E-state index contributed by atoms with van der Waals surface area (Å²) < 4.78 is 27.9. The van der Waals surface area contributed by atoms with Crippen molar-refractivity contribution in [3.8, 4) is 0 Å². The van der Waals surface area contributed by atoms with Gasteiger partial charge in [0.25, 0.3) is 15.9 Å². The molecule has 3 aromatic carbocycles. The molecule has 6 heteroatoms. The lowest BCUT2D eigenvalue weighted by Crippen LogP contribution is -2.30. The van der Waals surface area contributed by atoms with Crippen LogP contribution in [0.2, 0.25) is 0 Å². The van der Waals surface area contributed by atoms with E-state index in [1.165, 1.54) is 12.1 Å². The molecular formula is C22H22N2O3S. The Kier molecular flexibility index (Phi) is 6.11. The zero-order chi connectivity index (χ0) is 20.0. The predicted molar refractivity (Wildman–Crippen MR) is 111 cm³/mol. The van der Waals surface area contributed by atoms with Gasteiger partial charge in [-0.2, -0.15) is 0 Å². The molecule has 28 heavy (non-hydrogen) atoms. The number of rotatable bonds is 7. The normalized spacial score (nSPS) is 11.0. The van der Waals surface area contributed by atoms with Crippen LogP contribution < -0.4 is 4.72 Å². The molecule has 3 aromatic rings. The molecule has 0 aliphatic heterocycles. The Morgan fingerprint density at radius 3 is 2.18 bits per heavy atom. The smallest absolute Gasteiger partial charge is 0.261 e. The van der Waals surface area contributed by atoms with Crippen LogP contribution in [0.3, 0.4) is 0 Å². The minimum absolute atomic E-state index is 0.0537. The van der Waals surface area contributed by atoms with Crippen LogP contribution in [0.5, 0.6) is 0 Å². The molecule has 0 unspecified atom stereocenters. The van der Waals surface area contributed by atoms with Crippen LogP contribution in [0.15, 0.2) is 89.8 Å². The second-order valence-electron chi connectivity index (χ2n) is 6.30. The van der Waals surface area contributed by atoms with Crippen LogP contribution in [-0.4, -0.2) is 25.8 Å². The molecule has 5 nitrogen and oxygen atoms in total. The molecule has 0 aliphatic rings. The maximum absolute atomic E-state index is 12.9. The average molecular weight is 394 g/mol. The lowest BCUT2D eigenvalue weighted by Gasteiger charge is -2.21. The summed E-state index contributed by atoms with van der Waals surface area (Å²) >= 11 is 0. The first kappa shape index (κ1) is 19.6. The Balaban J connectivity index is 1.82. The van der Waals surface area contributed by atoms with Crippen LogP contribution in [-0.2, 0) is 16.6 Å². The Morgan fingerprint density at radius 1 is 0.893 bits per heavy atom. The second-order valence-corrected chi connectivity index (χ2v) is 7.99. The van der Waals surface area contributed by atoms with Crippen LogP contribution in [0, 0.1) is 0 Å². The Morgan fingerprint density at radius 2 is 1.54 bits per heavy atom. The summed E-state index contributed by atoms with van der Waals surface area (Å²) in [5.74, 6) is -0.205. The molecule has 0 aromatic heterocycles. The summed E-state index contributed by atoms with van der Waals surface area (Å²) in [4.78, 5) is 14.7. The van der Waals surface area contributed by atoms with Gasteiger partial charge in [-0.25, -0.2) is 8.42 Å². The zero-order valence-corrected chi connectivity index (χ0v) is 16.4. The molecule has 0 spiro atoms. The van der Waals surface area contributed by atoms with Crippen molar-refractivity contribution in [3.05, 3.63) is 96.1 Å². The largest absolute Gasteiger partial charge is 0.335 e. The molecule has 0 aliphatic carbocycles. The minimum atomic E-state index is -3.78. The highest BCUT2D eigenvalue weighted by molar-refractivity contribution is 7.92. The molecule has 144 valence electrons. The van der Waals surface area contributed by atoms with E-state index in [2.05, 4.69) is 4.72 Å². The van der Waals surface area contributed by atoms with Gasteiger partial charge in [-0.15, -0.1) is 0 Å². The van der Waals surface area contributed by atoms with Crippen molar-refractivity contribution >= 4 is 21.6 Å². The Bertz CT molecular complexity index is 1040. The lowest BCUT2D eigenvalue weighted by molar-refractivity contribution is 0.0752.